The molecule has 0 aliphatic carbocycles. The Morgan fingerprint density at radius 1 is 1.03 bits per heavy atom. The molecule has 29 heavy (non-hydrogen) atoms. The van der Waals surface area contributed by atoms with E-state index in [9.17, 15) is 18.8 Å². The van der Waals surface area contributed by atoms with Gasteiger partial charge in [-0.1, -0.05) is 12.1 Å². The van der Waals surface area contributed by atoms with Crippen LogP contribution >= 0.6 is 11.8 Å². The number of rotatable bonds is 9. The maximum absolute atomic E-state index is 13.4. The number of amides is 2. The summed E-state index contributed by atoms with van der Waals surface area (Å²) in [6.45, 7) is 1.04. The number of carbonyl (C=O) groups is 3. The first-order chi connectivity index (χ1) is 13.9. The Balaban J connectivity index is 1.73. The number of ether oxygens (including phenoxy) is 2. The fourth-order valence-electron chi connectivity index (χ4n) is 2.28. The summed E-state index contributed by atoms with van der Waals surface area (Å²) in [5.74, 6) is -0.586. The molecule has 2 aromatic rings. The average molecular weight is 420 g/mol. The molecule has 0 saturated carbocycles. The van der Waals surface area contributed by atoms with E-state index in [4.69, 9.17) is 9.47 Å². The van der Waals surface area contributed by atoms with E-state index in [-0.39, 0.29) is 17.3 Å². The summed E-state index contributed by atoms with van der Waals surface area (Å²) < 4.78 is 23.7. The third-order valence-electron chi connectivity index (χ3n) is 3.71. The highest BCUT2D eigenvalue weighted by molar-refractivity contribution is 7.99. The number of Topliss-reactive ketones (excluding diaryl/α,β-unsaturated/α-hetero) is 1. The van der Waals surface area contributed by atoms with Crippen LogP contribution in [0.3, 0.4) is 0 Å². The number of hydrogen-bond acceptors (Lipinski definition) is 6. The summed E-state index contributed by atoms with van der Waals surface area (Å²) in [6.07, 6.45) is 0. The van der Waals surface area contributed by atoms with Gasteiger partial charge >= 0.3 is 0 Å². The number of hydrazine groups is 1. The lowest BCUT2D eigenvalue weighted by Gasteiger charge is -2.11. The quantitative estimate of drug-likeness (QED) is 0.478. The predicted molar refractivity (Wildman–Crippen MR) is 107 cm³/mol. The van der Waals surface area contributed by atoms with E-state index in [1.165, 1.54) is 44.0 Å². The zero-order chi connectivity index (χ0) is 21.2. The van der Waals surface area contributed by atoms with E-state index in [1.807, 2.05) is 0 Å². The number of para-hydroxylation sites is 1. The Kier molecular flexibility index (Phi) is 8.47. The number of methoxy groups -OCH3 is 1. The Hall–Kier alpha value is -3.07. The van der Waals surface area contributed by atoms with Gasteiger partial charge in [0.2, 0.25) is 5.91 Å². The Morgan fingerprint density at radius 2 is 1.76 bits per heavy atom. The van der Waals surface area contributed by atoms with Gasteiger partial charge in [-0.05, 0) is 37.3 Å². The van der Waals surface area contributed by atoms with Crippen molar-refractivity contribution in [3.63, 3.8) is 0 Å². The molecule has 0 saturated heterocycles. The Morgan fingerprint density at radius 3 is 2.45 bits per heavy atom. The Labute approximate surface area is 171 Å². The molecular weight excluding hydrogens is 399 g/mol. The normalized spacial score (nSPS) is 10.2. The monoisotopic (exact) mass is 420 g/mol. The molecule has 0 spiro atoms. The van der Waals surface area contributed by atoms with Crippen molar-refractivity contribution in [2.45, 2.75) is 12.7 Å². The van der Waals surface area contributed by atoms with Crippen LogP contribution in [0.15, 0.2) is 42.5 Å². The predicted octanol–water partition coefficient (Wildman–Crippen LogP) is 2.50. The zero-order valence-electron chi connectivity index (χ0n) is 16.0. The van der Waals surface area contributed by atoms with Gasteiger partial charge in [0, 0.05) is 16.9 Å². The number of carbonyl (C=O) groups excluding carboxylic acids is 3. The number of nitrogens with one attached hydrogen (secondary N) is 2. The van der Waals surface area contributed by atoms with Crippen molar-refractivity contribution < 1.29 is 28.2 Å². The molecule has 0 aliphatic rings. The van der Waals surface area contributed by atoms with Crippen LogP contribution in [-0.4, -0.2) is 37.1 Å². The van der Waals surface area contributed by atoms with E-state index in [0.717, 1.165) is 5.56 Å². The maximum atomic E-state index is 13.4. The third-order valence-corrected chi connectivity index (χ3v) is 4.70. The zero-order valence-corrected chi connectivity index (χ0v) is 16.8. The minimum absolute atomic E-state index is 0.0497. The van der Waals surface area contributed by atoms with Crippen LogP contribution in [0.1, 0.15) is 22.8 Å². The molecule has 9 heteroatoms. The lowest BCUT2D eigenvalue weighted by Crippen LogP contribution is -2.44. The molecule has 0 heterocycles. The molecule has 0 unspecified atom stereocenters. The molecule has 154 valence electrons. The first kappa shape index (κ1) is 22.2. The van der Waals surface area contributed by atoms with Crippen LogP contribution in [-0.2, 0) is 15.3 Å². The molecular formula is C20H21FN2O5S. The van der Waals surface area contributed by atoms with Crippen molar-refractivity contribution in [2.24, 2.45) is 0 Å². The van der Waals surface area contributed by atoms with Gasteiger partial charge in [0.05, 0.1) is 12.9 Å². The first-order valence-corrected chi connectivity index (χ1v) is 9.76. The van der Waals surface area contributed by atoms with Crippen LogP contribution in [0, 0.1) is 5.82 Å². The van der Waals surface area contributed by atoms with Crippen molar-refractivity contribution >= 4 is 29.4 Å². The van der Waals surface area contributed by atoms with Crippen molar-refractivity contribution in [1.82, 2.24) is 10.9 Å². The van der Waals surface area contributed by atoms with Gasteiger partial charge in [-0.2, -0.15) is 0 Å². The lowest BCUT2D eigenvalue weighted by molar-refractivity contribution is -0.128. The molecule has 0 aliphatic heterocycles. The van der Waals surface area contributed by atoms with E-state index >= 15 is 0 Å². The molecule has 7 nitrogen and oxygen atoms in total. The number of halogens is 1. The summed E-state index contributed by atoms with van der Waals surface area (Å²) in [7, 11) is 1.53. The number of hydrogen-bond donors (Lipinski definition) is 2. The highest BCUT2D eigenvalue weighted by Gasteiger charge is 2.10. The van der Waals surface area contributed by atoms with Gasteiger partial charge in [-0.3, -0.25) is 25.2 Å². The fourth-order valence-corrected chi connectivity index (χ4v) is 3.09. The van der Waals surface area contributed by atoms with Crippen molar-refractivity contribution in [2.75, 3.05) is 19.5 Å². The highest BCUT2D eigenvalue weighted by atomic mass is 32.2. The molecule has 0 radical (unpaired) electrons. The number of benzene rings is 2. The Bertz CT molecular complexity index is 891. The first-order valence-electron chi connectivity index (χ1n) is 8.61. The third kappa shape index (κ3) is 7.11. The van der Waals surface area contributed by atoms with Crippen LogP contribution in [0.5, 0.6) is 11.5 Å². The van der Waals surface area contributed by atoms with Crippen LogP contribution in [0.25, 0.3) is 0 Å². The maximum Gasteiger partial charge on any atom is 0.276 e. The molecule has 2 rings (SSSR count). The van der Waals surface area contributed by atoms with Gasteiger partial charge in [0.25, 0.3) is 5.91 Å². The highest BCUT2D eigenvalue weighted by Crippen LogP contribution is 2.24. The second-order valence-electron chi connectivity index (χ2n) is 5.89. The largest absolute Gasteiger partial charge is 0.496 e. The molecule has 2 amide bonds. The molecule has 0 fully saturated rings. The minimum Gasteiger partial charge on any atom is -0.496 e. The molecule has 0 atom stereocenters. The van der Waals surface area contributed by atoms with Gasteiger partial charge in [-0.25, -0.2) is 4.39 Å². The molecule has 0 aromatic heterocycles. The summed E-state index contributed by atoms with van der Waals surface area (Å²) in [5.41, 5.74) is 5.81. The van der Waals surface area contributed by atoms with Crippen LogP contribution in [0.4, 0.5) is 4.39 Å². The molecule has 2 aromatic carbocycles. The van der Waals surface area contributed by atoms with E-state index in [2.05, 4.69) is 10.9 Å². The number of thioether (sulfide) groups is 1. The van der Waals surface area contributed by atoms with Gasteiger partial charge in [-0.15, -0.1) is 11.8 Å². The van der Waals surface area contributed by atoms with Crippen molar-refractivity contribution in [1.29, 1.82) is 0 Å². The van der Waals surface area contributed by atoms with Crippen molar-refractivity contribution in [3.05, 3.63) is 59.4 Å². The van der Waals surface area contributed by atoms with E-state index in [1.54, 1.807) is 24.3 Å². The fraction of sp³-hybridized carbons (Fsp3) is 0.250. The topological polar surface area (TPSA) is 93.7 Å². The molecule has 0 bridgehead atoms. The second kappa shape index (κ2) is 11.1. The average Bonchev–Trinajstić information content (AvgIpc) is 2.71. The second-order valence-corrected chi connectivity index (χ2v) is 6.88. The minimum atomic E-state index is -0.623. The lowest BCUT2D eigenvalue weighted by atomic mass is 10.1. The summed E-state index contributed by atoms with van der Waals surface area (Å²) in [5, 5.41) is 0. The van der Waals surface area contributed by atoms with E-state index in [0.29, 0.717) is 17.1 Å². The summed E-state index contributed by atoms with van der Waals surface area (Å²) >= 11 is 1.29. The van der Waals surface area contributed by atoms with Gasteiger partial charge in [0.1, 0.15) is 5.75 Å². The summed E-state index contributed by atoms with van der Waals surface area (Å²) in [6, 6.07) is 10.8. The van der Waals surface area contributed by atoms with Crippen LogP contribution in [0.2, 0.25) is 0 Å². The summed E-state index contributed by atoms with van der Waals surface area (Å²) in [4.78, 5) is 35.1. The van der Waals surface area contributed by atoms with Gasteiger partial charge in [0.15, 0.2) is 24.0 Å². The van der Waals surface area contributed by atoms with Crippen molar-refractivity contribution in [3.8, 4) is 11.5 Å². The van der Waals surface area contributed by atoms with E-state index < -0.39 is 24.2 Å². The molecule has 2 N–H and O–H groups in total. The SMILES string of the molecule is COc1ccc(C(C)=O)cc1CSCC(=O)NNC(=O)COc1ccccc1F. The number of ketones is 1. The standard InChI is InChI=1S/C20H21FN2O5S/c1-13(24)14-7-8-17(27-2)15(9-14)11-29-12-20(26)23-22-19(25)10-28-18-6-4-3-5-16(18)21/h3-9H,10-12H2,1-2H3,(H,22,25)(H,23,26). The van der Waals surface area contributed by atoms with Crippen LogP contribution < -0.4 is 20.3 Å². The smallest absolute Gasteiger partial charge is 0.276 e. The van der Waals surface area contributed by atoms with Gasteiger partial charge < -0.3 is 9.47 Å².